The highest BCUT2D eigenvalue weighted by molar-refractivity contribution is 9.10. The van der Waals surface area contributed by atoms with E-state index in [9.17, 15) is 9.18 Å². The van der Waals surface area contributed by atoms with E-state index < -0.39 is 17.8 Å². The van der Waals surface area contributed by atoms with E-state index in [4.69, 9.17) is 15.6 Å². The first kappa shape index (κ1) is 19.8. The lowest BCUT2D eigenvalue weighted by molar-refractivity contribution is -0.137. The van der Waals surface area contributed by atoms with Crippen molar-refractivity contribution in [1.29, 1.82) is 0 Å². The summed E-state index contributed by atoms with van der Waals surface area (Å²) in [6.45, 7) is 0. The first-order valence-corrected chi connectivity index (χ1v) is 9.07. The zero-order valence-corrected chi connectivity index (χ0v) is 16.1. The number of carboxylic acids is 1. The van der Waals surface area contributed by atoms with Gasteiger partial charge in [-0.1, -0.05) is 0 Å². The normalized spacial score (nSPS) is 11.8. The first-order chi connectivity index (χ1) is 13.4. The summed E-state index contributed by atoms with van der Waals surface area (Å²) in [5.41, 5.74) is 7.80. The van der Waals surface area contributed by atoms with Crippen molar-refractivity contribution in [3.05, 3.63) is 64.9 Å². The van der Waals surface area contributed by atoms with Crippen LogP contribution in [0.25, 0.3) is 11.3 Å². The standard InChI is InChI=1S/C19H16BrFN4O3/c20-12-5-16(21)19(24-8-12)28-15-3-1-11(2-4-15)17-10-23-9-14(25-17)6-13(22)7-18(26)27/h1-5,8-10,13H,6-7,22H2,(H,26,27). The van der Waals surface area contributed by atoms with E-state index in [0.717, 1.165) is 5.56 Å². The number of ether oxygens (including phenoxy) is 1. The van der Waals surface area contributed by atoms with Crippen LogP contribution in [0.4, 0.5) is 4.39 Å². The van der Waals surface area contributed by atoms with Gasteiger partial charge < -0.3 is 15.6 Å². The van der Waals surface area contributed by atoms with Crippen LogP contribution in [-0.4, -0.2) is 32.1 Å². The molecule has 0 saturated carbocycles. The molecule has 0 radical (unpaired) electrons. The summed E-state index contributed by atoms with van der Waals surface area (Å²) >= 11 is 3.14. The third-order valence-electron chi connectivity index (χ3n) is 3.73. The van der Waals surface area contributed by atoms with Gasteiger partial charge in [-0.15, -0.1) is 0 Å². The monoisotopic (exact) mass is 446 g/mol. The van der Waals surface area contributed by atoms with Crippen molar-refractivity contribution in [2.24, 2.45) is 5.73 Å². The van der Waals surface area contributed by atoms with Gasteiger partial charge in [0.15, 0.2) is 5.82 Å². The number of carbonyl (C=O) groups is 1. The zero-order chi connectivity index (χ0) is 20.1. The van der Waals surface area contributed by atoms with Crippen molar-refractivity contribution in [1.82, 2.24) is 15.0 Å². The maximum absolute atomic E-state index is 13.8. The number of nitrogens with zero attached hydrogens (tertiary/aromatic N) is 3. The summed E-state index contributed by atoms with van der Waals surface area (Å²) in [5.74, 6) is -1.23. The summed E-state index contributed by atoms with van der Waals surface area (Å²) in [6, 6.07) is 7.60. The van der Waals surface area contributed by atoms with Gasteiger partial charge in [-0.2, -0.15) is 0 Å². The minimum absolute atomic E-state index is 0.120. The molecule has 3 N–H and O–H groups in total. The number of benzene rings is 1. The Morgan fingerprint density at radius 2 is 2.00 bits per heavy atom. The van der Waals surface area contributed by atoms with E-state index in [1.54, 1.807) is 36.7 Å². The van der Waals surface area contributed by atoms with E-state index in [0.29, 0.717) is 28.0 Å². The molecule has 0 saturated heterocycles. The van der Waals surface area contributed by atoms with Gasteiger partial charge in [0.1, 0.15) is 5.75 Å². The molecule has 3 rings (SSSR count). The van der Waals surface area contributed by atoms with E-state index in [1.165, 1.54) is 12.3 Å². The average molecular weight is 447 g/mol. The number of hydrogen-bond donors (Lipinski definition) is 2. The third kappa shape index (κ3) is 5.30. The highest BCUT2D eigenvalue weighted by Gasteiger charge is 2.12. The van der Waals surface area contributed by atoms with Gasteiger partial charge in [-0.05, 0) is 46.3 Å². The Labute approximate surface area is 168 Å². The molecular weight excluding hydrogens is 431 g/mol. The molecule has 0 aliphatic carbocycles. The maximum atomic E-state index is 13.8. The van der Waals surface area contributed by atoms with E-state index in [2.05, 4.69) is 30.9 Å². The maximum Gasteiger partial charge on any atom is 0.304 e. The molecule has 7 nitrogen and oxygen atoms in total. The molecule has 0 amide bonds. The fourth-order valence-corrected chi connectivity index (χ4v) is 2.79. The largest absolute Gasteiger partial charge is 0.481 e. The molecule has 1 unspecified atom stereocenters. The minimum atomic E-state index is -0.955. The molecule has 0 spiro atoms. The van der Waals surface area contributed by atoms with Gasteiger partial charge in [0.2, 0.25) is 0 Å². The molecule has 2 heterocycles. The second kappa shape index (κ2) is 8.85. The minimum Gasteiger partial charge on any atom is -0.481 e. The molecule has 0 aliphatic heterocycles. The van der Waals surface area contributed by atoms with E-state index in [1.807, 2.05) is 0 Å². The number of carboxylic acid groups (broad SMARTS) is 1. The van der Waals surface area contributed by atoms with E-state index in [-0.39, 0.29) is 12.3 Å². The number of hydrogen-bond acceptors (Lipinski definition) is 6. The average Bonchev–Trinajstić information content (AvgIpc) is 2.64. The van der Waals surface area contributed by atoms with Crippen LogP contribution in [0, 0.1) is 5.82 Å². The molecule has 144 valence electrons. The molecule has 3 aromatic rings. The molecular formula is C19H16BrFN4O3. The highest BCUT2D eigenvalue weighted by atomic mass is 79.9. The second-order valence-corrected chi connectivity index (χ2v) is 6.94. The van der Waals surface area contributed by atoms with Crippen molar-refractivity contribution in [2.45, 2.75) is 18.9 Å². The van der Waals surface area contributed by atoms with Gasteiger partial charge in [0, 0.05) is 34.9 Å². The van der Waals surface area contributed by atoms with Gasteiger partial charge in [-0.3, -0.25) is 9.78 Å². The van der Waals surface area contributed by atoms with Crippen LogP contribution in [0.15, 0.2) is 53.4 Å². The Morgan fingerprint density at radius 1 is 1.25 bits per heavy atom. The molecule has 0 aliphatic rings. The number of halogens is 2. The molecule has 0 fully saturated rings. The number of pyridine rings is 1. The fourth-order valence-electron chi connectivity index (χ4n) is 2.49. The lowest BCUT2D eigenvalue weighted by atomic mass is 10.1. The first-order valence-electron chi connectivity index (χ1n) is 8.28. The summed E-state index contributed by atoms with van der Waals surface area (Å²) in [7, 11) is 0. The van der Waals surface area contributed by atoms with Crippen molar-refractivity contribution >= 4 is 21.9 Å². The van der Waals surface area contributed by atoms with Crippen LogP contribution in [0.5, 0.6) is 11.6 Å². The van der Waals surface area contributed by atoms with Crippen LogP contribution in [-0.2, 0) is 11.2 Å². The number of aromatic nitrogens is 3. The number of aliphatic carboxylic acids is 1. The number of nitrogens with two attached hydrogens (primary N) is 1. The number of rotatable bonds is 7. The van der Waals surface area contributed by atoms with Crippen molar-refractivity contribution in [3.8, 4) is 22.9 Å². The van der Waals surface area contributed by atoms with Crippen molar-refractivity contribution in [3.63, 3.8) is 0 Å². The third-order valence-corrected chi connectivity index (χ3v) is 4.16. The SMILES string of the molecule is NC(CC(=O)O)Cc1cncc(-c2ccc(Oc3ncc(Br)cc3F)cc2)n1. The Hall–Kier alpha value is -2.91. The lowest BCUT2D eigenvalue weighted by Gasteiger charge is -2.10. The smallest absolute Gasteiger partial charge is 0.304 e. The predicted molar refractivity (Wildman–Crippen MR) is 103 cm³/mol. The molecule has 1 atom stereocenters. The van der Waals surface area contributed by atoms with Crippen LogP contribution in [0.3, 0.4) is 0 Å². The topological polar surface area (TPSA) is 111 Å². The lowest BCUT2D eigenvalue weighted by Crippen LogP contribution is -2.26. The Morgan fingerprint density at radius 3 is 2.68 bits per heavy atom. The molecule has 9 heteroatoms. The summed E-state index contributed by atoms with van der Waals surface area (Å²) in [4.78, 5) is 23.2. The Kier molecular flexibility index (Phi) is 6.27. The van der Waals surface area contributed by atoms with Crippen molar-refractivity contribution < 1.29 is 19.0 Å². The van der Waals surface area contributed by atoms with Crippen LogP contribution >= 0.6 is 15.9 Å². The Balaban J connectivity index is 1.72. The molecule has 2 aromatic heterocycles. The van der Waals surface area contributed by atoms with Gasteiger partial charge in [0.25, 0.3) is 5.88 Å². The van der Waals surface area contributed by atoms with Crippen molar-refractivity contribution in [2.75, 3.05) is 0 Å². The summed E-state index contributed by atoms with van der Waals surface area (Å²) in [6.07, 6.45) is 4.77. The van der Waals surface area contributed by atoms with Gasteiger partial charge in [0.05, 0.1) is 24.0 Å². The molecule has 1 aromatic carbocycles. The Bertz CT molecular complexity index is 985. The fraction of sp³-hybridized carbons (Fsp3) is 0.158. The second-order valence-electron chi connectivity index (χ2n) is 6.02. The zero-order valence-electron chi connectivity index (χ0n) is 14.5. The predicted octanol–water partition coefficient (Wildman–Crippen LogP) is 3.58. The van der Waals surface area contributed by atoms with Gasteiger partial charge >= 0.3 is 5.97 Å². The van der Waals surface area contributed by atoms with Crippen LogP contribution in [0.1, 0.15) is 12.1 Å². The summed E-state index contributed by atoms with van der Waals surface area (Å²) in [5, 5.41) is 8.80. The van der Waals surface area contributed by atoms with Gasteiger partial charge in [-0.25, -0.2) is 14.4 Å². The van der Waals surface area contributed by atoms with Crippen LogP contribution < -0.4 is 10.5 Å². The van der Waals surface area contributed by atoms with Crippen LogP contribution in [0.2, 0.25) is 0 Å². The molecule has 0 bridgehead atoms. The molecule has 28 heavy (non-hydrogen) atoms. The quantitative estimate of drug-likeness (QED) is 0.570. The highest BCUT2D eigenvalue weighted by Crippen LogP contribution is 2.26. The van der Waals surface area contributed by atoms with E-state index >= 15 is 0 Å². The summed E-state index contributed by atoms with van der Waals surface area (Å²) < 4.78 is 19.8.